The van der Waals surface area contributed by atoms with Crippen LogP contribution in [-0.2, 0) is 0 Å². The summed E-state index contributed by atoms with van der Waals surface area (Å²) in [4.78, 5) is 4.02. The van der Waals surface area contributed by atoms with E-state index in [1.165, 1.54) is 0 Å². The second-order valence-corrected chi connectivity index (χ2v) is 3.23. The normalized spacial score (nSPS) is 12.7. The van der Waals surface area contributed by atoms with Crippen LogP contribution < -0.4 is 5.73 Å². The van der Waals surface area contributed by atoms with Crippen LogP contribution in [0.3, 0.4) is 0 Å². The van der Waals surface area contributed by atoms with E-state index in [1.54, 1.807) is 18.7 Å². The Morgan fingerprint density at radius 1 is 1.43 bits per heavy atom. The van der Waals surface area contributed by atoms with Gasteiger partial charge in [-0.3, -0.25) is 4.98 Å². The minimum absolute atomic E-state index is 0.201. The lowest BCUT2D eigenvalue weighted by molar-refractivity contribution is 0.489. The Bertz CT molecular complexity index is 409. The van der Waals surface area contributed by atoms with Gasteiger partial charge < -0.3 is 10.2 Å². The Labute approximate surface area is 82.6 Å². The first-order valence-electron chi connectivity index (χ1n) is 4.48. The van der Waals surface area contributed by atoms with Gasteiger partial charge in [-0.1, -0.05) is 0 Å². The Kier molecular flexibility index (Phi) is 2.33. The van der Waals surface area contributed by atoms with Crippen LogP contribution in [0, 0.1) is 6.92 Å². The molecule has 2 heterocycles. The van der Waals surface area contributed by atoms with Gasteiger partial charge in [0.05, 0.1) is 12.3 Å². The number of pyridine rings is 1. The molecule has 0 spiro atoms. The molecule has 2 aromatic heterocycles. The molecule has 0 aliphatic rings. The molecule has 2 N–H and O–H groups in total. The lowest BCUT2D eigenvalue weighted by Crippen LogP contribution is -2.12. The fraction of sp³-hybridized carbons (Fsp3) is 0.182. The van der Waals surface area contributed by atoms with Crippen molar-refractivity contribution in [2.75, 3.05) is 0 Å². The minimum Gasteiger partial charge on any atom is -0.467 e. The number of aromatic nitrogens is 1. The largest absolute Gasteiger partial charge is 0.467 e. The van der Waals surface area contributed by atoms with Crippen molar-refractivity contribution in [3.05, 3.63) is 53.7 Å². The summed E-state index contributed by atoms with van der Waals surface area (Å²) >= 11 is 0. The summed E-state index contributed by atoms with van der Waals surface area (Å²) in [5.74, 6) is 0.777. The number of nitrogens with two attached hydrogens (primary N) is 1. The predicted molar refractivity (Wildman–Crippen MR) is 53.7 cm³/mol. The van der Waals surface area contributed by atoms with Crippen molar-refractivity contribution < 1.29 is 4.42 Å². The molecule has 0 bridgehead atoms. The molecule has 2 aromatic rings. The van der Waals surface area contributed by atoms with Crippen LogP contribution >= 0.6 is 0 Å². The third-order valence-electron chi connectivity index (χ3n) is 2.25. The molecule has 0 aliphatic heterocycles. The van der Waals surface area contributed by atoms with E-state index in [1.807, 2.05) is 25.1 Å². The van der Waals surface area contributed by atoms with Crippen LogP contribution in [-0.4, -0.2) is 4.98 Å². The molecule has 3 nitrogen and oxygen atoms in total. The summed E-state index contributed by atoms with van der Waals surface area (Å²) in [6, 6.07) is 5.44. The molecule has 0 aromatic carbocycles. The van der Waals surface area contributed by atoms with E-state index in [0.717, 1.165) is 16.9 Å². The van der Waals surface area contributed by atoms with Gasteiger partial charge in [-0.25, -0.2) is 0 Å². The van der Waals surface area contributed by atoms with Crippen LogP contribution in [0.2, 0.25) is 0 Å². The maximum Gasteiger partial charge on any atom is 0.125 e. The topological polar surface area (TPSA) is 52.0 Å². The van der Waals surface area contributed by atoms with Gasteiger partial charge >= 0.3 is 0 Å². The molecule has 1 unspecified atom stereocenters. The monoisotopic (exact) mass is 188 g/mol. The fourth-order valence-corrected chi connectivity index (χ4v) is 1.45. The van der Waals surface area contributed by atoms with E-state index in [9.17, 15) is 0 Å². The number of rotatable bonds is 2. The third kappa shape index (κ3) is 1.54. The van der Waals surface area contributed by atoms with Crippen LogP contribution in [0.4, 0.5) is 0 Å². The summed E-state index contributed by atoms with van der Waals surface area (Å²) in [5.41, 5.74) is 8.17. The van der Waals surface area contributed by atoms with E-state index in [2.05, 4.69) is 4.98 Å². The smallest absolute Gasteiger partial charge is 0.125 e. The number of furan rings is 1. The molecule has 72 valence electrons. The van der Waals surface area contributed by atoms with Crippen LogP contribution in [0.25, 0.3) is 0 Å². The molecule has 0 radical (unpaired) electrons. The Morgan fingerprint density at radius 2 is 2.29 bits per heavy atom. The molecule has 0 fully saturated rings. The average Bonchev–Trinajstić information content (AvgIpc) is 2.70. The first-order valence-corrected chi connectivity index (χ1v) is 4.48. The fourth-order valence-electron chi connectivity index (χ4n) is 1.45. The minimum atomic E-state index is -0.201. The zero-order valence-electron chi connectivity index (χ0n) is 7.97. The van der Waals surface area contributed by atoms with E-state index in [-0.39, 0.29) is 6.04 Å². The van der Waals surface area contributed by atoms with Crippen LogP contribution in [0.5, 0.6) is 0 Å². The quantitative estimate of drug-likeness (QED) is 0.784. The highest BCUT2D eigenvalue weighted by Crippen LogP contribution is 2.21. The SMILES string of the molecule is Cc1cnccc1C(N)c1ccco1. The average molecular weight is 188 g/mol. The summed E-state index contributed by atoms with van der Waals surface area (Å²) < 4.78 is 5.26. The molecular formula is C11H12N2O. The van der Waals surface area contributed by atoms with Gasteiger partial charge in [0.2, 0.25) is 0 Å². The van der Waals surface area contributed by atoms with Gasteiger partial charge in [0.25, 0.3) is 0 Å². The van der Waals surface area contributed by atoms with Crippen molar-refractivity contribution in [3.63, 3.8) is 0 Å². The zero-order chi connectivity index (χ0) is 9.97. The standard InChI is InChI=1S/C11H12N2O/c1-8-7-13-5-4-9(8)11(12)10-3-2-6-14-10/h2-7,11H,12H2,1H3. The molecule has 14 heavy (non-hydrogen) atoms. The highest BCUT2D eigenvalue weighted by molar-refractivity contribution is 5.30. The van der Waals surface area contributed by atoms with Crippen molar-refractivity contribution in [1.82, 2.24) is 4.98 Å². The molecule has 3 heteroatoms. The Balaban J connectivity index is 2.37. The Hall–Kier alpha value is -1.61. The van der Waals surface area contributed by atoms with Crippen LogP contribution in [0.1, 0.15) is 22.9 Å². The first-order chi connectivity index (χ1) is 6.79. The van der Waals surface area contributed by atoms with Crippen molar-refractivity contribution in [2.45, 2.75) is 13.0 Å². The summed E-state index contributed by atoms with van der Waals surface area (Å²) in [7, 11) is 0. The molecule has 0 aliphatic carbocycles. The second kappa shape index (κ2) is 3.64. The van der Waals surface area contributed by atoms with Gasteiger partial charge in [-0.15, -0.1) is 0 Å². The van der Waals surface area contributed by atoms with Gasteiger partial charge in [0.1, 0.15) is 5.76 Å². The van der Waals surface area contributed by atoms with E-state index < -0.39 is 0 Å². The maximum atomic E-state index is 6.04. The highest BCUT2D eigenvalue weighted by Gasteiger charge is 2.13. The van der Waals surface area contributed by atoms with E-state index in [4.69, 9.17) is 10.2 Å². The summed E-state index contributed by atoms with van der Waals surface area (Å²) in [6.07, 6.45) is 5.18. The van der Waals surface area contributed by atoms with Crippen molar-refractivity contribution >= 4 is 0 Å². The molecule has 0 amide bonds. The predicted octanol–water partition coefficient (Wildman–Crippen LogP) is 2.03. The van der Waals surface area contributed by atoms with Crippen LogP contribution in [0.15, 0.2) is 41.3 Å². The molecule has 0 saturated heterocycles. The Morgan fingerprint density at radius 3 is 2.93 bits per heavy atom. The zero-order valence-corrected chi connectivity index (χ0v) is 7.97. The lowest BCUT2D eigenvalue weighted by Gasteiger charge is -2.11. The number of hydrogen-bond acceptors (Lipinski definition) is 3. The second-order valence-electron chi connectivity index (χ2n) is 3.23. The highest BCUT2D eigenvalue weighted by atomic mass is 16.3. The molecule has 0 saturated carbocycles. The van der Waals surface area contributed by atoms with E-state index in [0.29, 0.717) is 0 Å². The van der Waals surface area contributed by atoms with Crippen molar-refractivity contribution in [3.8, 4) is 0 Å². The number of nitrogens with zero attached hydrogens (tertiary/aromatic N) is 1. The van der Waals surface area contributed by atoms with Crippen molar-refractivity contribution in [2.24, 2.45) is 5.73 Å². The number of aryl methyl sites for hydroxylation is 1. The molecule has 2 rings (SSSR count). The lowest BCUT2D eigenvalue weighted by atomic mass is 10.0. The van der Waals surface area contributed by atoms with E-state index >= 15 is 0 Å². The molecular weight excluding hydrogens is 176 g/mol. The van der Waals surface area contributed by atoms with Gasteiger partial charge in [-0.2, -0.15) is 0 Å². The van der Waals surface area contributed by atoms with Crippen molar-refractivity contribution in [1.29, 1.82) is 0 Å². The third-order valence-corrected chi connectivity index (χ3v) is 2.25. The van der Waals surface area contributed by atoms with Gasteiger partial charge in [-0.05, 0) is 36.2 Å². The van der Waals surface area contributed by atoms with Gasteiger partial charge in [0.15, 0.2) is 0 Å². The molecule has 1 atom stereocenters. The summed E-state index contributed by atoms with van der Waals surface area (Å²) in [5, 5.41) is 0. The summed E-state index contributed by atoms with van der Waals surface area (Å²) in [6.45, 7) is 1.99. The maximum absolute atomic E-state index is 6.04. The van der Waals surface area contributed by atoms with Gasteiger partial charge in [0, 0.05) is 12.4 Å². The number of hydrogen-bond donors (Lipinski definition) is 1. The first kappa shape index (κ1) is 8.97.